The lowest BCUT2D eigenvalue weighted by Crippen LogP contribution is -2.34. The molecule has 2 aliphatic rings. The van der Waals surface area contributed by atoms with Crippen LogP contribution in [0.15, 0.2) is 24.5 Å². The minimum atomic E-state index is -1.00. The second-order valence-corrected chi connectivity index (χ2v) is 10.1. The van der Waals surface area contributed by atoms with Gasteiger partial charge in [0.1, 0.15) is 0 Å². The van der Waals surface area contributed by atoms with E-state index in [1.165, 1.54) is 54.8 Å². The zero-order valence-electron chi connectivity index (χ0n) is 18.1. The molecule has 29 heavy (non-hydrogen) atoms. The SMILES string of the molecule is Cc1cc2c(cc1N(CC1CC1)c1ncc(C(=O)O)cn1)C(C)(C)CCC2(C)C. The number of carboxylic acids is 1. The highest BCUT2D eigenvalue weighted by molar-refractivity contribution is 5.86. The smallest absolute Gasteiger partial charge is 0.338 e. The van der Waals surface area contributed by atoms with E-state index in [0.717, 1.165) is 12.2 Å². The standard InChI is InChI=1S/C24H31N3O2/c1-15-10-18-19(24(4,5)9-8-23(18,2)3)11-20(15)27(14-16-6-7-16)22-25-12-17(13-26-22)21(28)29/h10-13,16H,6-9,14H2,1-5H3,(H,28,29). The van der Waals surface area contributed by atoms with Crippen molar-refractivity contribution in [3.05, 3.63) is 46.8 Å². The molecule has 1 aromatic carbocycles. The Hall–Kier alpha value is -2.43. The number of aromatic carboxylic acids is 1. The van der Waals surface area contributed by atoms with Crippen molar-refractivity contribution in [3.63, 3.8) is 0 Å². The second kappa shape index (κ2) is 6.82. The van der Waals surface area contributed by atoms with Crippen LogP contribution in [-0.4, -0.2) is 27.6 Å². The van der Waals surface area contributed by atoms with Crippen LogP contribution in [0.5, 0.6) is 0 Å². The van der Waals surface area contributed by atoms with E-state index in [1.54, 1.807) is 0 Å². The normalized spacial score (nSPS) is 19.5. The molecule has 0 spiro atoms. The maximum absolute atomic E-state index is 11.2. The van der Waals surface area contributed by atoms with Crippen molar-refractivity contribution in [1.82, 2.24) is 9.97 Å². The molecule has 2 aliphatic carbocycles. The van der Waals surface area contributed by atoms with Gasteiger partial charge in [0, 0.05) is 24.6 Å². The van der Waals surface area contributed by atoms with Gasteiger partial charge in [-0.1, -0.05) is 33.8 Å². The van der Waals surface area contributed by atoms with Crippen LogP contribution in [0.3, 0.4) is 0 Å². The molecule has 0 atom stereocenters. The molecule has 1 aromatic heterocycles. The summed E-state index contributed by atoms with van der Waals surface area (Å²) in [5.74, 6) is 0.231. The maximum atomic E-state index is 11.2. The molecule has 1 N–H and O–H groups in total. The van der Waals surface area contributed by atoms with Gasteiger partial charge in [-0.05, 0) is 72.1 Å². The highest BCUT2D eigenvalue weighted by Crippen LogP contribution is 2.48. The Bertz CT molecular complexity index is 943. The van der Waals surface area contributed by atoms with Crippen LogP contribution in [0.4, 0.5) is 11.6 Å². The van der Waals surface area contributed by atoms with Gasteiger partial charge in [0.25, 0.3) is 0 Å². The fraction of sp³-hybridized carbons (Fsp3) is 0.542. The zero-order chi connectivity index (χ0) is 21.0. The molecular weight excluding hydrogens is 362 g/mol. The lowest BCUT2D eigenvalue weighted by molar-refractivity contribution is 0.0696. The summed E-state index contributed by atoms with van der Waals surface area (Å²) in [5, 5.41) is 9.18. The quantitative estimate of drug-likeness (QED) is 0.739. The van der Waals surface area contributed by atoms with Crippen molar-refractivity contribution in [2.45, 2.75) is 71.1 Å². The van der Waals surface area contributed by atoms with Crippen molar-refractivity contribution >= 4 is 17.6 Å². The topological polar surface area (TPSA) is 66.3 Å². The number of anilines is 2. The summed E-state index contributed by atoms with van der Waals surface area (Å²) >= 11 is 0. The molecule has 0 saturated heterocycles. The number of hydrogen-bond donors (Lipinski definition) is 1. The fourth-order valence-electron chi connectivity index (χ4n) is 4.42. The Morgan fingerprint density at radius 1 is 1.07 bits per heavy atom. The van der Waals surface area contributed by atoms with E-state index in [2.05, 4.69) is 61.6 Å². The molecule has 5 nitrogen and oxygen atoms in total. The summed E-state index contributed by atoms with van der Waals surface area (Å²) in [7, 11) is 0. The van der Waals surface area contributed by atoms with Gasteiger partial charge in [-0.25, -0.2) is 14.8 Å². The first-order valence-electron chi connectivity index (χ1n) is 10.6. The van der Waals surface area contributed by atoms with E-state index < -0.39 is 5.97 Å². The molecule has 0 amide bonds. The lowest BCUT2D eigenvalue weighted by atomic mass is 9.63. The molecular formula is C24H31N3O2. The monoisotopic (exact) mass is 393 g/mol. The van der Waals surface area contributed by atoms with Gasteiger partial charge in [0.05, 0.1) is 5.56 Å². The molecule has 1 saturated carbocycles. The van der Waals surface area contributed by atoms with Gasteiger partial charge in [0.15, 0.2) is 0 Å². The van der Waals surface area contributed by atoms with Crippen molar-refractivity contribution in [1.29, 1.82) is 0 Å². The molecule has 0 aliphatic heterocycles. The van der Waals surface area contributed by atoms with E-state index in [9.17, 15) is 9.90 Å². The van der Waals surface area contributed by atoms with Gasteiger partial charge in [-0.15, -0.1) is 0 Å². The van der Waals surface area contributed by atoms with Crippen LogP contribution >= 0.6 is 0 Å². The largest absolute Gasteiger partial charge is 0.478 e. The third kappa shape index (κ3) is 3.75. The minimum Gasteiger partial charge on any atom is -0.478 e. The Morgan fingerprint density at radius 3 is 2.14 bits per heavy atom. The highest BCUT2D eigenvalue weighted by Gasteiger charge is 2.38. The second-order valence-electron chi connectivity index (χ2n) is 10.1. The fourth-order valence-corrected chi connectivity index (χ4v) is 4.42. The van der Waals surface area contributed by atoms with Crippen molar-refractivity contribution in [3.8, 4) is 0 Å². The van der Waals surface area contributed by atoms with Crippen molar-refractivity contribution in [2.24, 2.45) is 5.92 Å². The molecule has 154 valence electrons. The van der Waals surface area contributed by atoms with Crippen LogP contribution in [-0.2, 0) is 10.8 Å². The summed E-state index contributed by atoms with van der Waals surface area (Å²) in [6, 6.07) is 4.71. The van der Waals surface area contributed by atoms with Crippen LogP contribution in [0, 0.1) is 12.8 Å². The van der Waals surface area contributed by atoms with E-state index >= 15 is 0 Å². The molecule has 5 heteroatoms. The molecule has 1 heterocycles. The number of benzene rings is 1. The van der Waals surface area contributed by atoms with E-state index in [4.69, 9.17) is 0 Å². The minimum absolute atomic E-state index is 0.116. The predicted octanol–water partition coefficient (Wildman–Crippen LogP) is 5.38. The number of nitrogens with zero attached hydrogens (tertiary/aromatic N) is 3. The van der Waals surface area contributed by atoms with E-state index in [1.807, 2.05) is 0 Å². The molecule has 0 radical (unpaired) electrons. The summed E-state index contributed by atoms with van der Waals surface area (Å²) in [6.45, 7) is 12.4. The maximum Gasteiger partial charge on any atom is 0.338 e. The average molecular weight is 394 g/mol. The summed E-state index contributed by atoms with van der Waals surface area (Å²) in [6.07, 6.45) is 7.63. The van der Waals surface area contributed by atoms with Crippen LogP contribution in [0.1, 0.15) is 80.4 Å². The van der Waals surface area contributed by atoms with Gasteiger partial charge < -0.3 is 10.0 Å². The number of aromatic nitrogens is 2. The predicted molar refractivity (Wildman–Crippen MR) is 115 cm³/mol. The molecule has 1 fully saturated rings. The third-order valence-electron chi connectivity index (χ3n) is 6.72. The molecule has 0 unspecified atom stereocenters. The molecule has 4 rings (SSSR count). The Labute approximate surface area is 173 Å². The van der Waals surface area contributed by atoms with Crippen LogP contribution < -0.4 is 4.90 Å². The van der Waals surface area contributed by atoms with Gasteiger partial charge in [-0.2, -0.15) is 0 Å². The van der Waals surface area contributed by atoms with Crippen LogP contribution in [0.25, 0.3) is 0 Å². The average Bonchev–Trinajstić information content (AvgIpc) is 3.48. The number of rotatable bonds is 5. The van der Waals surface area contributed by atoms with Crippen molar-refractivity contribution < 1.29 is 9.90 Å². The first-order valence-corrected chi connectivity index (χ1v) is 10.6. The number of carboxylic acid groups (broad SMARTS) is 1. The Morgan fingerprint density at radius 2 is 1.62 bits per heavy atom. The molecule has 2 aromatic rings. The Balaban J connectivity index is 1.82. The highest BCUT2D eigenvalue weighted by atomic mass is 16.4. The Kier molecular flexibility index (Phi) is 4.67. The van der Waals surface area contributed by atoms with Crippen molar-refractivity contribution in [2.75, 3.05) is 11.4 Å². The van der Waals surface area contributed by atoms with E-state index in [-0.39, 0.29) is 16.4 Å². The summed E-state index contributed by atoms with van der Waals surface area (Å²) in [4.78, 5) is 22.2. The third-order valence-corrected chi connectivity index (χ3v) is 6.72. The first-order chi connectivity index (χ1) is 13.6. The van der Waals surface area contributed by atoms with E-state index in [0.29, 0.717) is 11.9 Å². The van der Waals surface area contributed by atoms with Crippen LogP contribution in [0.2, 0.25) is 0 Å². The number of hydrogen-bond acceptors (Lipinski definition) is 4. The van der Waals surface area contributed by atoms with Gasteiger partial charge in [0.2, 0.25) is 5.95 Å². The van der Waals surface area contributed by atoms with Gasteiger partial charge >= 0.3 is 5.97 Å². The number of carbonyl (C=O) groups is 1. The number of aryl methyl sites for hydroxylation is 1. The first kappa shape index (κ1) is 19.9. The zero-order valence-corrected chi connectivity index (χ0v) is 18.1. The number of fused-ring (bicyclic) bond motifs is 1. The summed E-state index contributed by atoms with van der Waals surface area (Å²) in [5.41, 5.74) is 5.65. The lowest BCUT2D eigenvalue weighted by Gasteiger charge is -2.43. The summed E-state index contributed by atoms with van der Waals surface area (Å²) < 4.78 is 0. The van der Waals surface area contributed by atoms with Gasteiger partial charge in [-0.3, -0.25) is 0 Å². The molecule has 0 bridgehead atoms.